The second kappa shape index (κ2) is 9.86. The average Bonchev–Trinajstić information content (AvgIpc) is 2.83. The first-order valence-electron chi connectivity index (χ1n) is 9.83. The fourth-order valence-corrected chi connectivity index (χ4v) is 4.23. The van der Waals surface area contributed by atoms with Crippen LogP contribution in [0.25, 0.3) is 0 Å². The molecule has 0 amide bonds. The molecule has 3 rings (SSSR count). The summed E-state index contributed by atoms with van der Waals surface area (Å²) in [5.41, 5.74) is -2.13. The molecule has 7 nitrogen and oxygen atoms in total. The molecule has 0 bridgehead atoms. The van der Waals surface area contributed by atoms with Crippen LogP contribution in [0.2, 0.25) is 0 Å². The first-order chi connectivity index (χ1) is 15.3. The molecule has 166 valence electrons. The van der Waals surface area contributed by atoms with Gasteiger partial charge in [0.2, 0.25) is 5.78 Å². The van der Waals surface area contributed by atoms with Gasteiger partial charge in [-0.2, -0.15) is 8.42 Å². The van der Waals surface area contributed by atoms with Gasteiger partial charge in [0.15, 0.2) is 5.60 Å². The van der Waals surface area contributed by atoms with Crippen molar-refractivity contribution < 1.29 is 32.0 Å². The van der Waals surface area contributed by atoms with Crippen LogP contribution in [0.3, 0.4) is 0 Å². The van der Waals surface area contributed by atoms with Crippen molar-refractivity contribution in [1.82, 2.24) is 0 Å². The van der Waals surface area contributed by atoms with Gasteiger partial charge in [0.05, 0.1) is 12.2 Å². The summed E-state index contributed by atoms with van der Waals surface area (Å²) in [5, 5.41) is 11.3. The standard InChI is InChI=1S/C24H22O7S/c1-2-30-23(26)20-15-9-10-16-21(20)32(28,29)31-17-24(27,19-13-7-4-8-14-19)22(25)18-11-5-3-6-12-18/h3-16,27H,2,17H2,1H3. The minimum absolute atomic E-state index is 0.0629. The third-order valence-corrected chi connectivity index (χ3v) is 6.06. The van der Waals surface area contributed by atoms with Crippen LogP contribution in [-0.4, -0.2) is 38.5 Å². The molecule has 3 aromatic carbocycles. The number of hydrogen-bond acceptors (Lipinski definition) is 7. The Kier molecular flexibility index (Phi) is 7.19. The molecule has 1 N–H and O–H groups in total. The van der Waals surface area contributed by atoms with E-state index >= 15 is 0 Å². The van der Waals surface area contributed by atoms with E-state index in [1.54, 1.807) is 43.3 Å². The lowest BCUT2D eigenvalue weighted by Gasteiger charge is -2.27. The molecule has 0 aliphatic rings. The smallest absolute Gasteiger partial charge is 0.339 e. The molecule has 0 saturated heterocycles. The third kappa shape index (κ3) is 4.94. The summed E-state index contributed by atoms with van der Waals surface area (Å²) in [6.07, 6.45) is 0. The van der Waals surface area contributed by atoms with Gasteiger partial charge < -0.3 is 9.84 Å². The lowest BCUT2D eigenvalue weighted by Crippen LogP contribution is -2.41. The second-order valence-corrected chi connectivity index (χ2v) is 8.44. The highest BCUT2D eigenvalue weighted by Crippen LogP contribution is 2.29. The Morgan fingerprint density at radius 3 is 2.06 bits per heavy atom. The summed E-state index contributed by atoms with van der Waals surface area (Å²) in [6, 6.07) is 21.4. The molecule has 32 heavy (non-hydrogen) atoms. The average molecular weight is 455 g/mol. The second-order valence-electron chi connectivity index (χ2n) is 6.85. The Bertz CT molecular complexity index is 1190. The number of esters is 1. The number of aliphatic hydroxyl groups is 1. The zero-order valence-corrected chi connectivity index (χ0v) is 18.1. The van der Waals surface area contributed by atoms with Crippen molar-refractivity contribution in [2.24, 2.45) is 0 Å². The number of Topliss-reactive ketones (excluding diaryl/α,β-unsaturated/α-hetero) is 1. The van der Waals surface area contributed by atoms with Gasteiger partial charge in [0.1, 0.15) is 11.5 Å². The lowest BCUT2D eigenvalue weighted by atomic mass is 9.86. The van der Waals surface area contributed by atoms with Crippen molar-refractivity contribution in [3.05, 3.63) is 102 Å². The molecule has 0 aliphatic heterocycles. The van der Waals surface area contributed by atoms with Gasteiger partial charge in [0, 0.05) is 5.56 Å². The topological polar surface area (TPSA) is 107 Å². The van der Waals surface area contributed by atoms with E-state index in [1.165, 1.54) is 48.5 Å². The molecule has 0 spiro atoms. The minimum atomic E-state index is -4.52. The highest BCUT2D eigenvalue weighted by molar-refractivity contribution is 7.86. The van der Waals surface area contributed by atoms with Crippen LogP contribution in [0.5, 0.6) is 0 Å². The zero-order valence-electron chi connectivity index (χ0n) is 17.3. The van der Waals surface area contributed by atoms with Crippen LogP contribution in [0.1, 0.15) is 33.2 Å². The maximum Gasteiger partial charge on any atom is 0.339 e. The number of ether oxygens (including phenoxy) is 1. The summed E-state index contributed by atoms with van der Waals surface area (Å²) in [4.78, 5) is 24.9. The van der Waals surface area contributed by atoms with Crippen LogP contribution in [0.4, 0.5) is 0 Å². The molecule has 3 aromatic rings. The fourth-order valence-electron chi connectivity index (χ4n) is 3.11. The third-order valence-electron chi connectivity index (χ3n) is 4.74. The van der Waals surface area contributed by atoms with Crippen LogP contribution >= 0.6 is 0 Å². The van der Waals surface area contributed by atoms with Crippen molar-refractivity contribution in [3.63, 3.8) is 0 Å². The molecular weight excluding hydrogens is 432 g/mol. The maximum atomic E-state index is 13.2. The van der Waals surface area contributed by atoms with E-state index in [1.807, 2.05) is 0 Å². The Labute approximate surface area is 186 Å². The van der Waals surface area contributed by atoms with Crippen molar-refractivity contribution in [2.45, 2.75) is 17.4 Å². The fraction of sp³-hybridized carbons (Fsp3) is 0.167. The molecule has 1 unspecified atom stereocenters. The number of carbonyl (C=O) groups is 2. The Morgan fingerprint density at radius 1 is 0.875 bits per heavy atom. The molecule has 0 saturated carbocycles. The van der Waals surface area contributed by atoms with Crippen molar-refractivity contribution in [2.75, 3.05) is 13.2 Å². The quantitative estimate of drug-likeness (QED) is 0.300. The normalized spacial score (nSPS) is 13.2. The highest BCUT2D eigenvalue weighted by atomic mass is 32.2. The lowest BCUT2D eigenvalue weighted by molar-refractivity contribution is 0.00405. The summed E-state index contributed by atoms with van der Waals surface area (Å²) in [6.45, 7) is 0.776. The first kappa shape index (κ1) is 23.3. The first-order valence-corrected chi connectivity index (χ1v) is 11.2. The van der Waals surface area contributed by atoms with Crippen LogP contribution in [-0.2, 0) is 24.6 Å². The Morgan fingerprint density at radius 2 is 1.44 bits per heavy atom. The maximum absolute atomic E-state index is 13.2. The molecule has 8 heteroatoms. The SMILES string of the molecule is CCOC(=O)c1ccccc1S(=O)(=O)OCC(O)(C(=O)c1ccccc1)c1ccccc1. The number of ketones is 1. The number of carbonyl (C=O) groups excluding carboxylic acids is 2. The molecule has 0 heterocycles. The zero-order chi connectivity index (χ0) is 23.2. The van der Waals surface area contributed by atoms with Crippen LogP contribution in [0, 0.1) is 0 Å². The number of benzene rings is 3. The highest BCUT2D eigenvalue weighted by Gasteiger charge is 2.41. The van der Waals surface area contributed by atoms with E-state index in [2.05, 4.69) is 0 Å². The minimum Gasteiger partial charge on any atom is -0.462 e. The van der Waals surface area contributed by atoms with Gasteiger partial charge in [0.25, 0.3) is 10.1 Å². The number of hydrogen-bond donors (Lipinski definition) is 1. The van der Waals surface area contributed by atoms with Gasteiger partial charge in [-0.15, -0.1) is 0 Å². The Hall–Kier alpha value is -3.33. The summed E-state index contributed by atoms with van der Waals surface area (Å²) in [7, 11) is -4.52. The van der Waals surface area contributed by atoms with Crippen LogP contribution < -0.4 is 0 Å². The van der Waals surface area contributed by atoms with E-state index in [-0.39, 0.29) is 23.3 Å². The van der Waals surface area contributed by atoms with Crippen molar-refractivity contribution >= 4 is 21.9 Å². The predicted octanol–water partition coefficient (Wildman–Crippen LogP) is 3.34. The molecule has 0 radical (unpaired) electrons. The molecule has 1 atom stereocenters. The van der Waals surface area contributed by atoms with E-state index in [4.69, 9.17) is 8.92 Å². The van der Waals surface area contributed by atoms with Gasteiger partial charge in [-0.1, -0.05) is 72.8 Å². The summed E-state index contributed by atoms with van der Waals surface area (Å²) >= 11 is 0. The van der Waals surface area contributed by atoms with Gasteiger partial charge in [-0.25, -0.2) is 4.79 Å². The van der Waals surface area contributed by atoms with E-state index in [0.717, 1.165) is 0 Å². The molecular formula is C24H22O7S. The van der Waals surface area contributed by atoms with E-state index < -0.39 is 39.0 Å². The van der Waals surface area contributed by atoms with E-state index in [0.29, 0.717) is 0 Å². The van der Waals surface area contributed by atoms with Gasteiger partial charge in [-0.3, -0.25) is 8.98 Å². The largest absolute Gasteiger partial charge is 0.462 e. The van der Waals surface area contributed by atoms with Crippen molar-refractivity contribution in [1.29, 1.82) is 0 Å². The monoisotopic (exact) mass is 454 g/mol. The van der Waals surface area contributed by atoms with E-state index in [9.17, 15) is 23.1 Å². The molecule has 0 aromatic heterocycles. The summed E-state index contributed by atoms with van der Waals surface area (Å²) < 4.78 is 35.9. The predicted molar refractivity (Wildman–Crippen MR) is 117 cm³/mol. The van der Waals surface area contributed by atoms with Gasteiger partial charge >= 0.3 is 5.97 Å². The van der Waals surface area contributed by atoms with Crippen molar-refractivity contribution in [3.8, 4) is 0 Å². The summed E-state index contributed by atoms with van der Waals surface area (Å²) in [5.74, 6) is -1.55. The molecule has 0 fully saturated rings. The van der Waals surface area contributed by atoms with Crippen LogP contribution in [0.15, 0.2) is 89.8 Å². The van der Waals surface area contributed by atoms with Gasteiger partial charge in [-0.05, 0) is 24.6 Å². The Balaban J connectivity index is 1.97. The molecule has 0 aliphatic carbocycles. The number of rotatable bonds is 9.